The number of halogens is 1. The van der Waals surface area contributed by atoms with Gasteiger partial charge in [-0.05, 0) is 52.4 Å². The monoisotopic (exact) mass is 306 g/mol. The topological polar surface area (TPSA) is 35.8 Å². The third-order valence-corrected chi connectivity index (χ3v) is 4.53. The molecule has 3 heteroatoms. The highest BCUT2D eigenvalue weighted by atomic mass is 79.9. The molecule has 1 N–H and O–H groups in total. The summed E-state index contributed by atoms with van der Waals surface area (Å²) in [7, 11) is 0. The van der Waals surface area contributed by atoms with Gasteiger partial charge >= 0.3 is 0 Å². The summed E-state index contributed by atoms with van der Waals surface area (Å²) in [6, 6.07) is 7.99. The SMILES string of the molecule is CC1(CNc2ccc(C#N)c(Br)c2)CCCCC1. The summed E-state index contributed by atoms with van der Waals surface area (Å²) >= 11 is 3.42. The van der Waals surface area contributed by atoms with E-state index in [1.165, 1.54) is 32.1 Å². The van der Waals surface area contributed by atoms with Crippen LogP contribution in [0.5, 0.6) is 0 Å². The van der Waals surface area contributed by atoms with E-state index in [1.54, 1.807) is 0 Å². The van der Waals surface area contributed by atoms with Crippen molar-refractivity contribution >= 4 is 21.6 Å². The Hall–Kier alpha value is -1.01. The molecule has 0 aromatic heterocycles. The molecule has 1 aliphatic rings. The summed E-state index contributed by atoms with van der Waals surface area (Å²) in [6.07, 6.45) is 6.73. The predicted octanol–water partition coefficient (Wildman–Crippen LogP) is 4.70. The smallest absolute Gasteiger partial charge is 0.100 e. The molecule has 0 radical (unpaired) electrons. The molecule has 2 rings (SSSR count). The fourth-order valence-electron chi connectivity index (χ4n) is 2.61. The van der Waals surface area contributed by atoms with E-state index in [-0.39, 0.29) is 0 Å². The van der Waals surface area contributed by atoms with Crippen LogP contribution < -0.4 is 5.32 Å². The van der Waals surface area contributed by atoms with E-state index in [0.717, 1.165) is 16.7 Å². The first-order chi connectivity index (χ1) is 8.63. The van der Waals surface area contributed by atoms with E-state index in [0.29, 0.717) is 11.0 Å². The van der Waals surface area contributed by atoms with Crippen LogP contribution in [0.3, 0.4) is 0 Å². The third-order valence-electron chi connectivity index (χ3n) is 3.87. The Balaban J connectivity index is 1.98. The van der Waals surface area contributed by atoms with Crippen LogP contribution in [-0.4, -0.2) is 6.54 Å². The second-order valence-electron chi connectivity index (χ2n) is 5.53. The fourth-order valence-corrected chi connectivity index (χ4v) is 3.08. The molecule has 0 heterocycles. The van der Waals surface area contributed by atoms with Crippen LogP contribution in [0.25, 0.3) is 0 Å². The fraction of sp³-hybridized carbons (Fsp3) is 0.533. The highest BCUT2D eigenvalue weighted by molar-refractivity contribution is 9.10. The van der Waals surface area contributed by atoms with Gasteiger partial charge in [-0.15, -0.1) is 0 Å². The molecule has 0 unspecified atom stereocenters. The summed E-state index contributed by atoms with van der Waals surface area (Å²) in [6.45, 7) is 3.39. The first-order valence-corrected chi connectivity index (χ1v) is 7.36. The molecule has 18 heavy (non-hydrogen) atoms. The standard InChI is InChI=1S/C15H19BrN2/c1-15(7-3-2-4-8-15)11-18-13-6-5-12(10-17)14(16)9-13/h5-6,9,18H,2-4,7-8,11H2,1H3. The lowest BCUT2D eigenvalue weighted by atomic mass is 9.76. The summed E-state index contributed by atoms with van der Waals surface area (Å²) in [4.78, 5) is 0. The molecule has 0 saturated heterocycles. The Kier molecular flexibility index (Phi) is 4.29. The van der Waals surface area contributed by atoms with Crippen LogP contribution in [0.2, 0.25) is 0 Å². The maximum absolute atomic E-state index is 8.88. The Labute approximate surface area is 118 Å². The van der Waals surface area contributed by atoms with E-state index in [2.05, 4.69) is 34.2 Å². The zero-order chi connectivity index (χ0) is 13.0. The van der Waals surface area contributed by atoms with Crippen molar-refractivity contribution in [2.75, 3.05) is 11.9 Å². The van der Waals surface area contributed by atoms with Gasteiger partial charge in [0, 0.05) is 16.7 Å². The number of hydrogen-bond donors (Lipinski definition) is 1. The number of anilines is 1. The van der Waals surface area contributed by atoms with Crippen molar-refractivity contribution in [3.63, 3.8) is 0 Å². The lowest BCUT2D eigenvalue weighted by Gasteiger charge is -2.34. The quantitative estimate of drug-likeness (QED) is 0.878. The largest absolute Gasteiger partial charge is 0.384 e. The third kappa shape index (κ3) is 3.26. The van der Waals surface area contributed by atoms with Gasteiger partial charge in [0.25, 0.3) is 0 Å². The number of hydrogen-bond acceptors (Lipinski definition) is 2. The molecular weight excluding hydrogens is 288 g/mol. The molecular formula is C15H19BrN2. The zero-order valence-electron chi connectivity index (χ0n) is 10.8. The van der Waals surface area contributed by atoms with Crippen molar-refractivity contribution in [2.24, 2.45) is 5.41 Å². The zero-order valence-corrected chi connectivity index (χ0v) is 12.4. The number of rotatable bonds is 3. The molecule has 0 aliphatic heterocycles. The van der Waals surface area contributed by atoms with E-state index in [4.69, 9.17) is 5.26 Å². The Morgan fingerprint density at radius 2 is 2.06 bits per heavy atom. The predicted molar refractivity (Wildman–Crippen MR) is 78.5 cm³/mol. The maximum atomic E-state index is 8.88. The number of nitrogens with one attached hydrogen (secondary N) is 1. The van der Waals surface area contributed by atoms with Crippen LogP contribution in [0.15, 0.2) is 22.7 Å². The lowest BCUT2D eigenvalue weighted by molar-refractivity contribution is 0.233. The van der Waals surface area contributed by atoms with Crippen LogP contribution in [0.4, 0.5) is 5.69 Å². The minimum absolute atomic E-state index is 0.429. The van der Waals surface area contributed by atoms with Gasteiger partial charge in [0.1, 0.15) is 6.07 Å². The lowest BCUT2D eigenvalue weighted by Crippen LogP contribution is -2.28. The molecule has 96 valence electrons. The average Bonchev–Trinajstić information content (AvgIpc) is 2.38. The molecule has 1 aromatic rings. The molecule has 0 atom stereocenters. The van der Waals surface area contributed by atoms with Crippen LogP contribution in [0, 0.1) is 16.7 Å². The summed E-state index contributed by atoms with van der Waals surface area (Å²) in [5.41, 5.74) is 2.20. The van der Waals surface area contributed by atoms with Gasteiger partial charge in [0.05, 0.1) is 5.56 Å². The maximum Gasteiger partial charge on any atom is 0.100 e. The molecule has 1 aromatic carbocycles. The first-order valence-electron chi connectivity index (χ1n) is 6.56. The summed E-state index contributed by atoms with van der Waals surface area (Å²) < 4.78 is 0.865. The highest BCUT2D eigenvalue weighted by Crippen LogP contribution is 2.36. The Morgan fingerprint density at radius 3 is 2.67 bits per heavy atom. The van der Waals surface area contributed by atoms with Crippen molar-refractivity contribution in [3.05, 3.63) is 28.2 Å². The Bertz CT molecular complexity index is 456. The van der Waals surface area contributed by atoms with Crippen molar-refractivity contribution in [3.8, 4) is 6.07 Å². The molecule has 1 aliphatic carbocycles. The van der Waals surface area contributed by atoms with E-state index in [1.807, 2.05) is 18.2 Å². The van der Waals surface area contributed by atoms with Crippen LogP contribution >= 0.6 is 15.9 Å². The number of nitrogens with zero attached hydrogens (tertiary/aromatic N) is 1. The van der Waals surface area contributed by atoms with Gasteiger partial charge in [-0.3, -0.25) is 0 Å². The van der Waals surface area contributed by atoms with Gasteiger partial charge in [-0.25, -0.2) is 0 Å². The molecule has 2 nitrogen and oxygen atoms in total. The first kappa shape index (κ1) is 13.4. The van der Waals surface area contributed by atoms with Gasteiger partial charge in [-0.1, -0.05) is 26.2 Å². The van der Waals surface area contributed by atoms with Gasteiger partial charge in [0.15, 0.2) is 0 Å². The number of benzene rings is 1. The molecule has 0 spiro atoms. The minimum Gasteiger partial charge on any atom is -0.384 e. The van der Waals surface area contributed by atoms with Gasteiger partial charge < -0.3 is 5.32 Å². The van der Waals surface area contributed by atoms with Crippen LogP contribution in [0.1, 0.15) is 44.6 Å². The van der Waals surface area contributed by atoms with Crippen molar-refractivity contribution in [2.45, 2.75) is 39.0 Å². The molecule has 0 amide bonds. The van der Waals surface area contributed by atoms with Crippen LogP contribution in [-0.2, 0) is 0 Å². The van der Waals surface area contributed by atoms with E-state index >= 15 is 0 Å². The average molecular weight is 307 g/mol. The summed E-state index contributed by atoms with van der Waals surface area (Å²) in [5, 5.41) is 12.4. The molecule has 1 saturated carbocycles. The van der Waals surface area contributed by atoms with Crippen molar-refractivity contribution < 1.29 is 0 Å². The normalized spacial score (nSPS) is 18.1. The van der Waals surface area contributed by atoms with Gasteiger partial charge in [-0.2, -0.15) is 5.26 Å². The minimum atomic E-state index is 0.429. The second kappa shape index (κ2) is 5.75. The molecule has 1 fully saturated rings. The van der Waals surface area contributed by atoms with Crippen molar-refractivity contribution in [1.82, 2.24) is 0 Å². The highest BCUT2D eigenvalue weighted by Gasteiger charge is 2.26. The second-order valence-corrected chi connectivity index (χ2v) is 6.39. The van der Waals surface area contributed by atoms with E-state index in [9.17, 15) is 0 Å². The van der Waals surface area contributed by atoms with E-state index < -0.39 is 0 Å². The Morgan fingerprint density at radius 1 is 1.33 bits per heavy atom. The van der Waals surface area contributed by atoms with Crippen molar-refractivity contribution in [1.29, 1.82) is 5.26 Å². The summed E-state index contributed by atoms with van der Waals surface area (Å²) in [5.74, 6) is 0. The molecule has 0 bridgehead atoms. The number of nitriles is 1. The van der Waals surface area contributed by atoms with Gasteiger partial charge in [0.2, 0.25) is 0 Å².